The second kappa shape index (κ2) is 6.99. The Morgan fingerprint density at radius 1 is 1.14 bits per heavy atom. The lowest BCUT2D eigenvalue weighted by molar-refractivity contribution is 0.489. The van der Waals surface area contributed by atoms with Crippen molar-refractivity contribution < 1.29 is 0 Å². The Bertz CT molecular complexity index is 1170. The molecule has 7 nitrogen and oxygen atoms in total. The summed E-state index contributed by atoms with van der Waals surface area (Å²) in [6.45, 7) is 5.96. The number of nitrogens with one attached hydrogen (secondary N) is 1. The fourth-order valence-electron chi connectivity index (χ4n) is 4.27. The van der Waals surface area contributed by atoms with Gasteiger partial charge in [-0.3, -0.25) is 4.68 Å². The van der Waals surface area contributed by atoms with Gasteiger partial charge in [-0.25, -0.2) is 15.0 Å². The Hall–Kier alpha value is -3.22. The lowest BCUT2D eigenvalue weighted by atomic mass is 9.97. The number of hydrogen-bond acceptors (Lipinski definition) is 5. The molecule has 4 heterocycles. The van der Waals surface area contributed by atoms with Crippen molar-refractivity contribution >= 4 is 17.0 Å². The van der Waals surface area contributed by atoms with Gasteiger partial charge in [0.05, 0.1) is 22.4 Å². The second-order valence-corrected chi connectivity index (χ2v) is 7.92. The number of rotatable bonds is 3. The minimum absolute atomic E-state index is 0.350. The van der Waals surface area contributed by atoms with E-state index >= 15 is 0 Å². The summed E-state index contributed by atoms with van der Waals surface area (Å²) < 4.78 is 1.83. The van der Waals surface area contributed by atoms with Crippen LogP contribution in [0.4, 0.5) is 5.95 Å². The molecule has 1 N–H and O–H groups in total. The molecule has 0 bridgehead atoms. The fraction of sp³-hybridized carbons (Fsp3) is 0.364. The number of aromatic nitrogens is 6. The van der Waals surface area contributed by atoms with Crippen molar-refractivity contribution in [2.45, 2.75) is 32.6 Å². The summed E-state index contributed by atoms with van der Waals surface area (Å²) in [7, 11) is 1.93. The average Bonchev–Trinajstić information content (AvgIpc) is 3.32. The molecule has 0 amide bonds. The molecule has 1 fully saturated rings. The van der Waals surface area contributed by atoms with E-state index < -0.39 is 0 Å². The highest BCUT2D eigenvalue weighted by Gasteiger charge is 2.26. The van der Waals surface area contributed by atoms with E-state index in [0.717, 1.165) is 65.7 Å². The molecule has 5 rings (SSSR count). The molecule has 0 spiro atoms. The number of imidazole rings is 1. The van der Waals surface area contributed by atoms with Crippen LogP contribution in [0.1, 0.15) is 35.8 Å². The minimum Gasteiger partial charge on any atom is -0.342 e. The number of benzene rings is 1. The smallest absolute Gasteiger partial charge is 0.225 e. The monoisotopic (exact) mass is 387 g/mol. The first kappa shape index (κ1) is 17.8. The first-order valence-electron chi connectivity index (χ1n) is 10.1. The third kappa shape index (κ3) is 3.26. The Morgan fingerprint density at radius 3 is 2.83 bits per heavy atom. The number of nitrogens with zero attached hydrogens (tertiary/aromatic N) is 6. The molecule has 0 aliphatic carbocycles. The molecule has 0 saturated carbocycles. The summed E-state index contributed by atoms with van der Waals surface area (Å²) in [5.74, 6) is 2.20. The van der Waals surface area contributed by atoms with Crippen molar-refractivity contribution in [2.75, 3.05) is 18.0 Å². The molecule has 1 aromatic carbocycles. The third-order valence-corrected chi connectivity index (χ3v) is 5.76. The Kier molecular flexibility index (Phi) is 4.30. The van der Waals surface area contributed by atoms with Crippen LogP contribution in [0.3, 0.4) is 0 Å². The molecule has 3 aromatic heterocycles. The summed E-state index contributed by atoms with van der Waals surface area (Å²) in [6.07, 6.45) is 6.08. The van der Waals surface area contributed by atoms with Gasteiger partial charge in [0.1, 0.15) is 5.82 Å². The van der Waals surface area contributed by atoms with E-state index in [4.69, 9.17) is 9.97 Å². The van der Waals surface area contributed by atoms with Crippen LogP contribution in [0.15, 0.2) is 36.7 Å². The predicted molar refractivity (Wildman–Crippen MR) is 114 cm³/mol. The zero-order chi connectivity index (χ0) is 20.0. The number of hydrogen-bond donors (Lipinski definition) is 1. The maximum atomic E-state index is 4.91. The van der Waals surface area contributed by atoms with E-state index in [2.05, 4.69) is 45.1 Å². The summed E-state index contributed by atoms with van der Waals surface area (Å²) in [6, 6.07) is 8.24. The van der Waals surface area contributed by atoms with Crippen molar-refractivity contribution in [3.63, 3.8) is 0 Å². The van der Waals surface area contributed by atoms with E-state index in [1.807, 2.05) is 37.1 Å². The van der Waals surface area contributed by atoms with Gasteiger partial charge in [-0.15, -0.1) is 0 Å². The number of H-pyrrole nitrogens is 1. The molecule has 1 aliphatic rings. The normalized spacial score (nSPS) is 17.2. The minimum atomic E-state index is 0.350. The number of fused-ring (bicyclic) bond motifs is 1. The quantitative estimate of drug-likeness (QED) is 0.579. The van der Waals surface area contributed by atoms with Crippen LogP contribution in [-0.4, -0.2) is 42.8 Å². The highest BCUT2D eigenvalue weighted by atomic mass is 15.3. The van der Waals surface area contributed by atoms with Crippen molar-refractivity contribution in [3.05, 3.63) is 53.7 Å². The van der Waals surface area contributed by atoms with Gasteiger partial charge in [0.2, 0.25) is 5.95 Å². The third-order valence-electron chi connectivity index (χ3n) is 5.76. The number of piperidine rings is 1. The molecule has 1 unspecified atom stereocenters. The second-order valence-electron chi connectivity index (χ2n) is 7.92. The van der Waals surface area contributed by atoms with Crippen LogP contribution < -0.4 is 4.90 Å². The summed E-state index contributed by atoms with van der Waals surface area (Å²) >= 11 is 0. The van der Waals surface area contributed by atoms with Crippen molar-refractivity contribution in [2.24, 2.45) is 7.05 Å². The predicted octanol–water partition coefficient (Wildman–Crippen LogP) is 3.75. The van der Waals surface area contributed by atoms with Gasteiger partial charge in [0.15, 0.2) is 0 Å². The lowest BCUT2D eigenvalue weighted by Crippen LogP contribution is -2.36. The molecule has 148 valence electrons. The molecule has 7 heteroatoms. The summed E-state index contributed by atoms with van der Waals surface area (Å²) in [5, 5.41) is 4.44. The van der Waals surface area contributed by atoms with E-state index in [1.54, 1.807) is 0 Å². The van der Waals surface area contributed by atoms with Gasteiger partial charge < -0.3 is 9.88 Å². The first-order valence-corrected chi connectivity index (χ1v) is 10.1. The molecule has 1 atom stereocenters. The topological polar surface area (TPSA) is 75.5 Å². The summed E-state index contributed by atoms with van der Waals surface area (Å²) in [4.78, 5) is 20.2. The van der Waals surface area contributed by atoms with Crippen molar-refractivity contribution in [1.29, 1.82) is 0 Å². The number of aryl methyl sites for hydroxylation is 3. The largest absolute Gasteiger partial charge is 0.342 e. The molecule has 1 saturated heterocycles. The Balaban J connectivity index is 1.42. The highest BCUT2D eigenvalue weighted by Crippen LogP contribution is 2.30. The van der Waals surface area contributed by atoms with Crippen molar-refractivity contribution in [1.82, 2.24) is 29.7 Å². The number of para-hydroxylation sites is 1. The number of aromatic amines is 1. The molecular weight excluding hydrogens is 362 g/mol. The zero-order valence-electron chi connectivity index (χ0n) is 17.1. The fourth-order valence-corrected chi connectivity index (χ4v) is 4.27. The average molecular weight is 387 g/mol. The van der Waals surface area contributed by atoms with E-state index in [-0.39, 0.29) is 0 Å². The van der Waals surface area contributed by atoms with Gasteiger partial charge in [-0.05, 0) is 44.4 Å². The Labute approximate surface area is 169 Å². The standard InChI is InChI=1S/C22H25N7/c1-14-6-4-8-19-20(14)26-21(24-19)16-7-5-11-29(12-16)22-23-10-9-18(25-22)17-13-28(3)27-15(17)2/h4,6,8-10,13,16H,5,7,11-12H2,1-3H3,(H,24,26). The van der Waals surface area contributed by atoms with E-state index in [1.165, 1.54) is 5.56 Å². The first-order chi connectivity index (χ1) is 14.1. The molecule has 4 aromatic rings. The maximum Gasteiger partial charge on any atom is 0.225 e. The van der Waals surface area contributed by atoms with Gasteiger partial charge in [0.25, 0.3) is 0 Å². The van der Waals surface area contributed by atoms with Crippen LogP contribution in [0.5, 0.6) is 0 Å². The van der Waals surface area contributed by atoms with Crippen LogP contribution in [0, 0.1) is 13.8 Å². The van der Waals surface area contributed by atoms with Crippen molar-refractivity contribution in [3.8, 4) is 11.3 Å². The van der Waals surface area contributed by atoms with Gasteiger partial charge >= 0.3 is 0 Å². The molecule has 1 aliphatic heterocycles. The van der Waals surface area contributed by atoms with Crippen LogP contribution >= 0.6 is 0 Å². The summed E-state index contributed by atoms with van der Waals surface area (Å²) in [5.41, 5.74) is 6.35. The SMILES string of the molecule is Cc1nn(C)cc1-c1ccnc(N2CCCC(c3nc4c(C)cccc4[nH]3)C2)n1. The lowest BCUT2D eigenvalue weighted by Gasteiger charge is -2.31. The van der Waals surface area contributed by atoms with Crippen LogP contribution in [0.25, 0.3) is 22.3 Å². The Morgan fingerprint density at radius 2 is 2.03 bits per heavy atom. The number of anilines is 1. The van der Waals surface area contributed by atoms with Gasteiger partial charge in [-0.1, -0.05) is 12.1 Å². The molecule has 29 heavy (non-hydrogen) atoms. The molecular formula is C22H25N7. The molecule has 0 radical (unpaired) electrons. The van der Waals surface area contributed by atoms with Crippen LogP contribution in [0.2, 0.25) is 0 Å². The zero-order valence-corrected chi connectivity index (χ0v) is 17.1. The van der Waals surface area contributed by atoms with E-state index in [9.17, 15) is 0 Å². The highest BCUT2D eigenvalue weighted by molar-refractivity contribution is 5.78. The van der Waals surface area contributed by atoms with Crippen LogP contribution in [-0.2, 0) is 7.05 Å². The maximum absolute atomic E-state index is 4.91. The van der Waals surface area contributed by atoms with Gasteiger partial charge in [0, 0.05) is 44.0 Å². The van der Waals surface area contributed by atoms with Gasteiger partial charge in [-0.2, -0.15) is 5.10 Å². The van der Waals surface area contributed by atoms with E-state index in [0.29, 0.717) is 5.92 Å².